The number of halogens is 2. The largest absolute Gasteiger partial charge is 0.487 e. The van der Waals surface area contributed by atoms with Crippen LogP contribution in [-0.4, -0.2) is 42.9 Å². The first-order chi connectivity index (χ1) is 14.7. The van der Waals surface area contributed by atoms with Gasteiger partial charge in [-0.05, 0) is 32.4 Å². The Hall–Kier alpha value is -3.23. The Balaban J connectivity index is 1.70. The number of benzene rings is 1. The van der Waals surface area contributed by atoms with E-state index < -0.39 is 24.0 Å². The molecule has 0 aliphatic carbocycles. The van der Waals surface area contributed by atoms with Gasteiger partial charge in [0.2, 0.25) is 0 Å². The van der Waals surface area contributed by atoms with Crippen LogP contribution < -0.4 is 20.3 Å². The number of allylic oxidation sites excluding steroid dienone is 1. The summed E-state index contributed by atoms with van der Waals surface area (Å²) >= 11 is 0. The Labute approximate surface area is 179 Å². The number of ether oxygens (including phenoxy) is 1. The van der Waals surface area contributed by atoms with Crippen LogP contribution >= 0.6 is 0 Å². The van der Waals surface area contributed by atoms with Crippen molar-refractivity contribution in [2.24, 2.45) is 4.99 Å². The number of hydrogen-bond acceptors (Lipinski definition) is 6. The average molecular weight is 429 g/mol. The second kappa shape index (κ2) is 7.79. The number of anilines is 2. The third-order valence-electron chi connectivity index (χ3n) is 5.41. The lowest BCUT2D eigenvalue weighted by Crippen LogP contribution is -2.43. The fourth-order valence-electron chi connectivity index (χ4n) is 4.08. The molecule has 3 N–H and O–H groups in total. The molecule has 1 aromatic carbocycles. The Morgan fingerprint density at radius 1 is 1.39 bits per heavy atom. The average Bonchev–Trinajstić information content (AvgIpc) is 3.00. The summed E-state index contributed by atoms with van der Waals surface area (Å²) in [4.78, 5) is 18.7. The molecule has 1 amide bonds. The smallest absolute Gasteiger partial charge is 0.265 e. The van der Waals surface area contributed by atoms with E-state index in [0.29, 0.717) is 36.5 Å². The molecule has 0 bridgehead atoms. The van der Waals surface area contributed by atoms with Crippen molar-refractivity contribution in [3.8, 4) is 5.75 Å². The van der Waals surface area contributed by atoms with Crippen LogP contribution in [0.3, 0.4) is 0 Å². The van der Waals surface area contributed by atoms with Gasteiger partial charge in [0.05, 0.1) is 23.5 Å². The quantitative estimate of drug-likeness (QED) is 0.504. The number of hydrogen-bond donors (Lipinski definition) is 3. The van der Waals surface area contributed by atoms with Crippen molar-refractivity contribution in [3.63, 3.8) is 0 Å². The van der Waals surface area contributed by atoms with Gasteiger partial charge in [-0.25, -0.2) is 13.8 Å². The van der Waals surface area contributed by atoms with E-state index in [0.717, 1.165) is 11.8 Å². The van der Waals surface area contributed by atoms with Crippen LogP contribution in [0.5, 0.6) is 5.75 Å². The van der Waals surface area contributed by atoms with Gasteiger partial charge >= 0.3 is 0 Å². The van der Waals surface area contributed by atoms with E-state index in [1.54, 1.807) is 29.3 Å². The zero-order valence-corrected chi connectivity index (χ0v) is 17.5. The molecule has 3 heterocycles. The summed E-state index contributed by atoms with van der Waals surface area (Å²) in [6, 6.07) is 3.52. The molecule has 4 rings (SSSR count). The standard InChI is InChI=1S/C22H25F2N5O2/c1-21(2)11-14-9-16(28-20(30)15(12-25)19-26-6-4-7-27-19)17(10-18(14)31-21)29-8-3-5-22(23,24)13-29/h4,6-7,9-10,12,25-26H,3,5,8,11,13H2,1-2H3,(H,28,30)/b19-15-,25-12?. The van der Waals surface area contributed by atoms with Crippen LogP contribution in [0, 0.1) is 5.41 Å². The predicted octanol–water partition coefficient (Wildman–Crippen LogP) is 3.62. The summed E-state index contributed by atoms with van der Waals surface area (Å²) in [7, 11) is 0. The zero-order valence-electron chi connectivity index (χ0n) is 17.5. The second-order valence-electron chi connectivity index (χ2n) is 8.54. The van der Waals surface area contributed by atoms with Crippen molar-refractivity contribution >= 4 is 29.7 Å². The van der Waals surface area contributed by atoms with Crippen LogP contribution in [0.1, 0.15) is 32.3 Å². The fourth-order valence-corrected chi connectivity index (χ4v) is 4.08. The lowest BCUT2D eigenvalue weighted by atomic mass is 10.00. The van der Waals surface area contributed by atoms with Gasteiger partial charge in [0.25, 0.3) is 11.8 Å². The minimum absolute atomic E-state index is 0.0348. The van der Waals surface area contributed by atoms with Gasteiger partial charge in [-0.15, -0.1) is 0 Å². The first-order valence-electron chi connectivity index (χ1n) is 10.2. The molecule has 0 aromatic heterocycles. The van der Waals surface area contributed by atoms with Gasteiger partial charge in [0, 0.05) is 49.6 Å². The third kappa shape index (κ3) is 4.45. The monoisotopic (exact) mass is 429 g/mol. The number of carbonyl (C=O) groups is 1. The highest BCUT2D eigenvalue weighted by Crippen LogP contribution is 2.43. The van der Waals surface area contributed by atoms with Crippen LogP contribution in [-0.2, 0) is 11.2 Å². The van der Waals surface area contributed by atoms with E-state index in [2.05, 4.69) is 15.6 Å². The molecule has 1 fully saturated rings. The molecule has 31 heavy (non-hydrogen) atoms. The summed E-state index contributed by atoms with van der Waals surface area (Å²) in [5.41, 5.74) is 1.42. The highest BCUT2D eigenvalue weighted by molar-refractivity contribution is 6.18. The van der Waals surface area contributed by atoms with Crippen molar-refractivity contribution in [1.82, 2.24) is 5.32 Å². The van der Waals surface area contributed by atoms with Gasteiger partial charge in [-0.3, -0.25) is 4.79 Å². The molecule has 0 atom stereocenters. The molecule has 7 nitrogen and oxygen atoms in total. The molecule has 0 spiro atoms. The lowest BCUT2D eigenvalue weighted by Gasteiger charge is -2.35. The van der Waals surface area contributed by atoms with Gasteiger partial charge in [-0.1, -0.05) is 0 Å². The highest BCUT2D eigenvalue weighted by atomic mass is 19.3. The summed E-state index contributed by atoms with van der Waals surface area (Å²) in [5.74, 6) is -2.46. The molecule has 3 aliphatic heterocycles. The number of piperidine rings is 1. The first kappa shape index (κ1) is 21.0. The molecule has 164 valence electrons. The Bertz CT molecular complexity index is 1010. The van der Waals surface area contributed by atoms with Crippen LogP contribution in [0.4, 0.5) is 20.2 Å². The maximum atomic E-state index is 14.1. The van der Waals surface area contributed by atoms with Gasteiger partial charge < -0.3 is 25.7 Å². The SMILES string of the molecule is CC1(C)Cc2cc(NC(=O)/C(C=N)=C3\N=CC=CN3)c(N3CCCC(F)(F)C3)cc2O1. The Morgan fingerprint density at radius 3 is 2.87 bits per heavy atom. The number of rotatable bonds is 4. The molecule has 1 aromatic rings. The summed E-state index contributed by atoms with van der Waals surface area (Å²) in [6.07, 6.45) is 6.54. The van der Waals surface area contributed by atoms with E-state index >= 15 is 0 Å². The molecule has 0 unspecified atom stereocenters. The highest BCUT2D eigenvalue weighted by Gasteiger charge is 2.38. The number of nitrogens with zero attached hydrogens (tertiary/aromatic N) is 2. The van der Waals surface area contributed by atoms with E-state index in [1.165, 1.54) is 6.21 Å². The topological polar surface area (TPSA) is 89.8 Å². The molecule has 9 heteroatoms. The minimum atomic E-state index is -2.80. The Kier molecular flexibility index (Phi) is 5.28. The van der Waals surface area contributed by atoms with E-state index in [9.17, 15) is 13.6 Å². The number of nitrogens with one attached hydrogen (secondary N) is 3. The zero-order chi connectivity index (χ0) is 22.2. The van der Waals surface area contributed by atoms with E-state index in [-0.39, 0.29) is 17.8 Å². The van der Waals surface area contributed by atoms with Crippen molar-refractivity contribution in [2.75, 3.05) is 23.3 Å². The number of fused-ring (bicyclic) bond motifs is 1. The number of aliphatic imine (C=N–C) groups is 1. The van der Waals surface area contributed by atoms with Crippen LogP contribution in [0.15, 0.2) is 40.8 Å². The summed E-state index contributed by atoms with van der Waals surface area (Å²) in [5, 5.41) is 13.3. The Morgan fingerprint density at radius 2 is 2.19 bits per heavy atom. The fraction of sp³-hybridized carbons (Fsp3) is 0.409. The molecular formula is C22H25F2N5O2. The maximum absolute atomic E-state index is 14.1. The normalized spacial score (nSPS) is 22.3. The maximum Gasteiger partial charge on any atom is 0.265 e. The van der Waals surface area contributed by atoms with Crippen molar-refractivity contribution in [1.29, 1.82) is 5.41 Å². The first-order valence-corrected chi connectivity index (χ1v) is 10.2. The molecule has 0 saturated carbocycles. The summed E-state index contributed by atoms with van der Waals surface area (Å²) < 4.78 is 34.3. The van der Waals surface area contributed by atoms with Gasteiger partial charge in [-0.2, -0.15) is 0 Å². The third-order valence-corrected chi connectivity index (χ3v) is 5.41. The van der Waals surface area contributed by atoms with Crippen LogP contribution in [0.25, 0.3) is 0 Å². The van der Waals surface area contributed by atoms with E-state index in [4.69, 9.17) is 10.1 Å². The molecular weight excluding hydrogens is 404 g/mol. The lowest BCUT2D eigenvalue weighted by molar-refractivity contribution is -0.112. The van der Waals surface area contributed by atoms with Gasteiger partial charge in [0.15, 0.2) is 0 Å². The van der Waals surface area contributed by atoms with Crippen molar-refractivity contribution in [2.45, 2.75) is 44.6 Å². The van der Waals surface area contributed by atoms with Crippen molar-refractivity contribution in [3.05, 3.63) is 41.4 Å². The molecule has 0 radical (unpaired) electrons. The molecule has 3 aliphatic rings. The minimum Gasteiger partial charge on any atom is -0.487 e. The van der Waals surface area contributed by atoms with Crippen LogP contribution in [0.2, 0.25) is 0 Å². The molecule has 1 saturated heterocycles. The summed E-state index contributed by atoms with van der Waals surface area (Å²) in [6.45, 7) is 3.94. The number of amides is 1. The number of alkyl halides is 2. The number of carbonyl (C=O) groups excluding carboxylic acids is 1. The predicted molar refractivity (Wildman–Crippen MR) is 116 cm³/mol. The van der Waals surface area contributed by atoms with E-state index in [1.807, 2.05) is 13.8 Å². The second-order valence-corrected chi connectivity index (χ2v) is 8.54. The van der Waals surface area contributed by atoms with Crippen molar-refractivity contribution < 1.29 is 18.3 Å². The van der Waals surface area contributed by atoms with Gasteiger partial charge in [0.1, 0.15) is 17.2 Å².